The van der Waals surface area contributed by atoms with Gasteiger partial charge in [0.05, 0.1) is 0 Å². The fourth-order valence-corrected chi connectivity index (χ4v) is 3.99. The Hall–Kier alpha value is -2.87. The molecule has 0 saturated heterocycles. The number of carbonyl (C=O) groups is 1. The summed E-state index contributed by atoms with van der Waals surface area (Å²) in [6, 6.07) is 22.9. The van der Waals surface area contributed by atoms with Gasteiger partial charge in [0.25, 0.3) is 0 Å². The van der Waals surface area contributed by atoms with E-state index in [2.05, 4.69) is 67.4 Å². The van der Waals surface area contributed by atoms with Crippen LogP contribution in [0.4, 0.5) is 0 Å². The first kappa shape index (κ1) is 16.6. The molecule has 3 aromatic carbocycles. The molecule has 0 unspecified atom stereocenters. The molecule has 0 bridgehead atoms. The molecule has 3 aromatic rings. The molecule has 0 radical (unpaired) electrons. The van der Waals surface area contributed by atoms with Crippen molar-refractivity contribution in [1.82, 2.24) is 5.32 Å². The van der Waals surface area contributed by atoms with E-state index in [-0.39, 0.29) is 17.7 Å². The van der Waals surface area contributed by atoms with Crippen LogP contribution in [0.25, 0.3) is 10.8 Å². The van der Waals surface area contributed by atoms with Crippen molar-refractivity contribution >= 4 is 16.6 Å². The number of allylic oxidation sites excluding steroid dienone is 1. The molecule has 0 aromatic heterocycles. The van der Waals surface area contributed by atoms with Crippen molar-refractivity contribution < 1.29 is 4.79 Å². The van der Waals surface area contributed by atoms with Crippen molar-refractivity contribution in [2.45, 2.75) is 25.8 Å². The number of carbonyl (C=O) groups excluding carboxylic acids is 1. The van der Waals surface area contributed by atoms with Crippen LogP contribution in [0.1, 0.15) is 40.9 Å². The Morgan fingerprint density at radius 2 is 1.73 bits per heavy atom. The molecule has 130 valence electrons. The van der Waals surface area contributed by atoms with Gasteiger partial charge >= 0.3 is 0 Å². The van der Waals surface area contributed by atoms with Gasteiger partial charge in [-0.25, -0.2) is 0 Å². The van der Waals surface area contributed by atoms with E-state index in [4.69, 9.17) is 0 Å². The van der Waals surface area contributed by atoms with E-state index in [0.717, 1.165) is 23.2 Å². The quantitative estimate of drug-likeness (QED) is 0.684. The molecule has 26 heavy (non-hydrogen) atoms. The topological polar surface area (TPSA) is 29.1 Å². The fourth-order valence-electron chi connectivity index (χ4n) is 3.99. The van der Waals surface area contributed by atoms with E-state index >= 15 is 0 Å². The lowest BCUT2D eigenvalue weighted by atomic mass is 9.81. The minimum Gasteiger partial charge on any atom is -0.382 e. The maximum Gasteiger partial charge on any atom is 0.163 e. The van der Waals surface area contributed by atoms with E-state index in [9.17, 15) is 4.79 Å². The Labute approximate surface area is 154 Å². The smallest absolute Gasteiger partial charge is 0.163 e. The summed E-state index contributed by atoms with van der Waals surface area (Å²) in [5.41, 5.74) is 4.22. The zero-order valence-electron chi connectivity index (χ0n) is 15.0. The average molecular weight is 341 g/mol. The highest BCUT2D eigenvalue weighted by atomic mass is 16.1. The molecule has 1 aliphatic rings. The molecule has 0 spiro atoms. The van der Waals surface area contributed by atoms with Gasteiger partial charge in [-0.1, -0.05) is 73.3 Å². The lowest BCUT2D eigenvalue weighted by Crippen LogP contribution is -2.29. The third kappa shape index (κ3) is 3.03. The molecule has 4 rings (SSSR count). The van der Waals surface area contributed by atoms with Crippen LogP contribution in [-0.2, 0) is 6.42 Å². The van der Waals surface area contributed by atoms with Crippen molar-refractivity contribution in [2.24, 2.45) is 5.92 Å². The second-order valence-corrected chi connectivity index (χ2v) is 7.15. The first-order valence-corrected chi connectivity index (χ1v) is 9.17. The Bertz CT molecular complexity index is 983. The summed E-state index contributed by atoms with van der Waals surface area (Å²) in [6.45, 7) is 6.43. The Kier molecular flexibility index (Phi) is 4.34. The number of benzene rings is 3. The number of hydrogen-bond acceptors (Lipinski definition) is 2. The molecule has 2 atom stereocenters. The largest absolute Gasteiger partial charge is 0.382 e. The first-order chi connectivity index (χ1) is 12.6. The Balaban J connectivity index is 1.54. The van der Waals surface area contributed by atoms with Crippen molar-refractivity contribution in [3.8, 4) is 0 Å². The molecule has 0 fully saturated rings. The fraction of sp³-hybridized carbons (Fsp3) is 0.208. The van der Waals surface area contributed by atoms with Crippen LogP contribution in [0.3, 0.4) is 0 Å². The Morgan fingerprint density at radius 3 is 2.62 bits per heavy atom. The maximum absolute atomic E-state index is 12.5. The normalized spacial score (nSPS) is 17.6. The van der Waals surface area contributed by atoms with Crippen LogP contribution in [-0.4, -0.2) is 5.78 Å². The van der Waals surface area contributed by atoms with Gasteiger partial charge < -0.3 is 5.32 Å². The number of fused-ring (bicyclic) bond motifs is 2. The predicted octanol–water partition coefficient (Wildman–Crippen LogP) is 5.45. The molecule has 2 heteroatoms. The number of hydrogen-bond donors (Lipinski definition) is 1. The van der Waals surface area contributed by atoms with Crippen LogP contribution >= 0.6 is 0 Å². The highest BCUT2D eigenvalue weighted by Gasteiger charge is 2.27. The molecule has 0 aliphatic heterocycles. The minimum atomic E-state index is 0.140. The Morgan fingerprint density at radius 1 is 1.00 bits per heavy atom. The third-order valence-corrected chi connectivity index (χ3v) is 5.40. The van der Waals surface area contributed by atoms with Crippen molar-refractivity contribution in [1.29, 1.82) is 0 Å². The van der Waals surface area contributed by atoms with Crippen molar-refractivity contribution in [2.75, 3.05) is 0 Å². The summed E-state index contributed by atoms with van der Waals surface area (Å²) < 4.78 is 0. The third-order valence-electron chi connectivity index (χ3n) is 5.40. The van der Waals surface area contributed by atoms with Gasteiger partial charge in [0.15, 0.2) is 5.78 Å². The molecule has 0 heterocycles. The molecule has 1 N–H and O–H groups in total. The molecular formula is C24H23NO. The zero-order valence-corrected chi connectivity index (χ0v) is 15.0. The van der Waals surface area contributed by atoms with Crippen LogP contribution in [0.15, 0.2) is 79.0 Å². The molecule has 2 nitrogen and oxygen atoms in total. The highest BCUT2D eigenvalue weighted by molar-refractivity contribution is 5.98. The van der Waals surface area contributed by atoms with Crippen LogP contribution in [0, 0.1) is 5.92 Å². The number of ketones is 1. The second kappa shape index (κ2) is 6.80. The van der Waals surface area contributed by atoms with Crippen LogP contribution < -0.4 is 5.32 Å². The zero-order chi connectivity index (χ0) is 18.1. The van der Waals surface area contributed by atoms with Gasteiger partial charge in [-0.05, 0) is 35.2 Å². The summed E-state index contributed by atoms with van der Waals surface area (Å²) in [4.78, 5) is 12.5. The van der Waals surface area contributed by atoms with Gasteiger partial charge in [-0.2, -0.15) is 0 Å². The maximum atomic E-state index is 12.5. The highest BCUT2D eigenvalue weighted by Crippen LogP contribution is 2.31. The predicted molar refractivity (Wildman–Crippen MR) is 107 cm³/mol. The lowest BCUT2D eigenvalue weighted by molar-refractivity contribution is 0.0955. The summed E-state index contributed by atoms with van der Waals surface area (Å²) >= 11 is 0. The minimum absolute atomic E-state index is 0.140. The van der Waals surface area contributed by atoms with Crippen molar-refractivity contribution in [3.05, 3.63) is 95.7 Å². The van der Waals surface area contributed by atoms with E-state index in [1.54, 1.807) is 0 Å². The SMILES string of the molecule is C=C(N[C@H](C)c1cccc2ccccc12)[C@H]1CC(=O)c2ccccc2C1. The number of Topliss-reactive ketones (excluding diaryl/α,β-unsaturated/α-hetero) is 1. The summed E-state index contributed by atoms with van der Waals surface area (Å²) in [5, 5.41) is 6.06. The number of rotatable bonds is 4. The van der Waals surface area contributed by atoms with E-state index < -0.39 is 0 Å². The van der Waals surface area contributed by atoms with Crippen molar-refractivity contribution in [3.63, 3.8) is 0 Å². The average Bonchev–Trinajstić information content (AvgIpc) is 2.67. The van der Waals surface area contributed by atoms with Crippen LogP contribution in [0.2, 0.25) is 0 Å². The summed E-state index contributed by atoms with van der Waals surface area (Å²) in [7, 11) is 0. The molecular weight excluding hydrogens is 318 g/mol. The van der Waals surface area contributed by atoms with E-state index in [1.165, 1.54) is 16.3 Å². The van der Waals surface area contributed by atoms with Gasteiger partial charge in [0.2, 0.25) is 0 Å². The number of nitrogens with one attached hydrogen (secondary N) is 1. The molecule has 0 saturated carbocycles. The summed E-state index contributed by atoms with van der Waals surface area (Å²) in [5.74, 6) is 0.368. The van der Waals surface area contributed by atoms with E-state index in [0.29, 0.717) is 6.42 Å². The van der Waals surface area contributed by atoms with Gasteiger partial charge in [-0.3, -0.25) is 4.79 Å². The van der Waals surface area contributed by atoms with Gasteiger partial charge in [0, 0.05) is 29.6 Å². The van der Waals surface area contributed by atoms with Crippen LogP contribution in [0.5, 0.6) is 0 Å². The van der Waals surface area contributed by atoms with E-state index in [1.807, 2.05) is 18.2 Å². The summed E-state index contributed by atoms with van der Waals surface area (Å²) in [6.07, 6.45) is 1.40. The lowest BCUT2D eigenvalue weighted by Gasteiger charge is -2.28. The van der Waals surface area contributed by atoms with Gasteiger partial charge in [-0.15, -0.1) is 0 Å². The first-order valence-electron chi connectivity index (χ1n) is 9.17. The van der Waals surface area contributed by atoms with Gasteiger partial charge in [0.1, 0.15) is 0 Å². The standard InChI is InChI=1S/C24H23NO/c1-16(20-14-19-9-4-6-12-23(19)24(26)15-20)25-17(2)21-13-7-10-18-8-3-5-11-22(18)21/h3-13,17,20,25H,1,14-15H2,2H3/t17-,20-/m1/s1. The molecule has 0 amide bonds. The molecule has 1 aliphatic carbocycles. The monoisotopic (exact) mass is 341 g/mol. The second-order valence-electron chi connectivity index (χ2n) is 7.15.